The minimum atomic E-state index is -0.795. The molecular weight excluding hydrogens is 412 g/mol. The van der Waals surface area contributed by atoms with E-state index in [1.165, 1.54) is 0 Å². The molecule has 2 aliphatic rings. The highest BCUT2D eigenvalue weighted by Crippen LogP contribution is 2.35. The van der Waals surface area contributed by atoms with Crippen molar-refractivity contribution in [1.82, 2.24) is 34.2 Å². The van der Waals surface area contributed by atoms with Crippen molar-refractivity contribution >= 4 is 11.8 Å². The average Bonchev–Trinajstić information content (AvgIpc) is 3.38. The van der Waals surface area contributed by atoms with Crippen LogP contribution in [-0.2, 0) is 11.3 Å². The summed E-state index contributed by atoms with van der Waals surface area (Å²) in [5.74, 6) is 2.34. The first kappa shape index (κ1) is 20.4. The van der Waals surface area contributed by atoms with E-state index in [1.807, 2.05) is 28.0 Å². The molecule has 1 saturated heterocycles. The standard InChI is InChI=1S/C21H26N8O3/c1-14(2)29-21(23-13-24-29)16-11-28-7-8-32-17-9-18(22-10-15(17)20(28)25-16)27-5-3-26(4-6-27)12-19(30)31/h9-11,13-14H,3-8,12H2,1-2H3,(H,30,31). The summed E-state index contributed by atoms with van der Waals surface area (Å²) < 4.78 is 9.98. The molecule has 1 N–H and O–H groups in total. The minimum absolute atomic E-state index is 0.0735. The van der Waals surface area contributed by atoms with Gasteiger partial charge in [-0.2, -0.15) is 5.10 Å². The number of ether oxygens (including phenoxy) is 1. The van der Waals surface area contributed by atoms with Crippen LogP contribution in [-0.4, -0.2) is 84.6 Å². The predicted octanol–water partition coefficient (Wildman–Crippen LogP) is 1.38. The molecule has 0 atom stereocenters. The van der Waals surface area contributed by atoms with Crippen LogP contribution in [0.25, 0.3) is 22.9 Å². The zero-order chi connectivity index (χ0) is 22.2. The smallest absolute Gasteiger partial charge is 0.317 e. The molecule has 0 saturated carbocycles. The molecule has 2 aliphatic heterocycles. The fraction of sp³-hybridized carbons (Fsp3) is 0.476. The molecule has 11 heteroatoms. The number of pyridine rings is 1. The molecule has 168 valence electrons. The van der Waals surface area contributed by atoms with Crippen molar-refractivity contribution in [2.24, 2.45) is 0 Å². The summed E-state index contributed by atoms with van der Waals surface area (Å²) in [5.41, 5.74) is 1.62. The van der Waals surface area contributed by atoms with Crippen molar-refractivity contribution in [1.29, 1.82) is 0 Å². The highest BCUT2D eigenvalue weighted by atomic mass is 16.5. The number of imidazole rings is 1. The molecule has 5 rings (SSSR count). The monoisotopic (exact) mass is 438 g/mol. The van der Waals surface area contributed by atoms with E-state index in [2.05, 4.69) is 38.4 Å². The summed E-state index contributed by atoms with van der Waals surface area (Å²) in [5, 5.41) is 13.3. The van der Waals surface area contributed by atoms with Gasteiger partial charge in [0.15, 0.2) is 5.82 Å². The van der Waals surface area contributed by atoms with Gasteiger partial charge >= 0.3 is 5.97 Å². The van der Waals surface area contributed by atoms with Gasteiger partial charge < -0.3 is 19.3 Å². The molecule has 0 unspecified atom stereocenters. The zero-order valence-corrected chi connectivity index (χ0v) is 18.2. The van der Waals surface area contributed by atoms with Gasteiger partial charge in [0.1, 0.15) is 36.0 Å². The van der Waals surface area contributed by atoms with E-state index in [9.17, 15) is 4.79 Å². The average molecular weight is 438 g/mol. The van der Waals surface area contributed by atoms with Gasteiger partial charge in [0.2, 0.25) is 0 Å². The highest BCUT2D eigenvalue weighted by Gasteiger charge is 2.25. The first-order valence-electron chi connectivity index (χ1n) is 10.8. The number of fused-ring (bicyclic) bond motifs is 3. The first-order chi connectivity index (χ1) is 15.5. The quantitative estimate of drug-likeness (QED) is 0.631. The Morgan fingerprint density at radius 1 is 1.16 bits per heavy atom. The lowest BCUT2D eigenvalue weighted by atomic mass is 10.2. The molecule has 0 aromatic carbocycles. The third-order valence-electron chi connectivity index (χ3n) is 5.81. The Balaban J connectivity index is 1.41. The summed E-state index contributed by atoms with van der Waals surface area (Å²) in [6, 6.07) is 2.15. The number of rotatable bonds is 5. The van der Waals surface area contributed by atoms with Crippen LogP contribution in [0.1, 0.15) is 19.9 Å². The number of hydrogen-bond donors (Lipinski definition) is 1. The Hall–Kier alpha value is -3.47. The molecule has 11 nitrogen and oxygen atoms in total. The van der Waals surface area contributed by atoms with Crippen molar-refractivity contribution in [3.63, 3.8) is 0 Å². The van der Waals surface area contributed by atoms with E-state index in [1.54, 1.807) is 6.33 Å². The Labute approximate surface area is 185 Å². The second-order valence-corrected chi connectivity index (χ2v) is 8.31. The zero-order valence-electron chi connectivity index (χ0n) is 18.2. The molecule has 0 bridgehead atoms. The van der Waals surface area contributed by atoms with Crippen molar-refractivity contribution < 1.29 is 14.6 Å². The van der Waals surface area contributed by atoms with Crippen LogP contribution in [0.5, 0.6) is 5.75 Å². The lowest BCUT2D eigenvalue weighted by Gasteiger charge is -2.34. The van der Waals surface area contributed by atoms with Crippen LogP contribution in [0, 0.1) is 0 Å². The Morgan fingerprint density at radius 2 is 1.97 bits per heavy atom. The van der Waals surface area contributed by atoms with Crippen molar-refractivity contribution in [2.45, 2.75) is 26.4 Å². The number of aliphatic carboxylic acids is 1. The topological polar surface area (TPSA) is 114 Å². The fourth-order valence-electron chi connectivity index (χ4n) is 4.19. The molecule has 0 spiro atoms. The second-order valence-electron chi connectivity index (χ2n) is 8.31. The largest absolute Gasteiger partial charge is 0.491 e. The van der Waals surface area contributed by atoms with Crippen LogP contribution in [0.2, 0.25) is 0 Å². The highest BCUT2D eigenvalue weighted by molar-refractivity contribution is 5.70. The van der Waals surface area contributed by atoms with Crippen molar-refractivity contribution in [2.75, 3.05) is 44.2 Å². The summed E-state index contributed by atoms with van der Waals surface area (Å²) in [4.78, 5) is 29.0. The van der Waals surface area contributed by atoms with Crippen molar-refractivity contribution in [3.8, 4) is 28.7 Å². The lowest BCUT2D eigenvalue weighted by Crippen LogP contribution is -2.48. The van der Waals surface area contributed by atoms with Gasteiger partial charge in [0.05, 0.1) is 18.7 Å². The van der Waals surface area contributed by atoms with E-state index < -0.39 is 5.97 Å². The van der Waals surface area contributed by atoms with Crippen LogP contribution in [0.15, 0.2) is 24.8 Å². The Bertz CT molecular complexity index is 1130. The summed E-state index contributed by atoms with van der Waals surface area (Å²) >= 11 is 0. The summed E-state index contributed by atoms with van der Waals surface area (Å²) in [7, 11) is 0. The first-order valence-corrected chi connectivity index (χ1v) is 10.8. The molecule has 32 heavy (non-hydrogen) atoms. The third-order valence-corrected chi connectivity index (χ3v) is 5.81. The van der Waals surface area contributed by atoms with E-state index in [0.717, 1.165) is 47.6 Å². The molecule has 0 aliphatic carbocycles. The second kappa shape index (κ2) is 8.23. The Morgan fingerprint density at radius 3 is 2.72 bits per heavy atom. The van der Waals surface area contributed by atoms with Gasteiger partial charge in [-0.1, -0.05) is 0 Å². The van der Waals surface area contributed by atoms with E-state index in [4.69, 9.17) is 14.8 Å². The number of carboxylic acids is 1. The van der Waals surface area contributed by atoms with Crippen LogP contribution < -0.4 is 9.64 Å². The minimum Gasteiger partial charge on any atom is -0.491 e. The lowest BCUT2D eigenvalue weighted by molar-refractivity contribution is -0.138. The predicted molar refractivity (Wildman–Crippen MR) is 117 cm³/mol. The van der Waals surface area contributed by atoms with Gasteiger partial charge in [0.25, 0.3) is 0 Å². The number of piperazine rings is 1. The maximum atomic E-state index is 10.9. The molecule has 1 fully saturated rings. The van der Waals surface area contributed by atoms with E-state index in [0.29, 0.717) is 26.2 Å². The maximum absolute atomic E-state index is 10.9. The third kappa shape index (κ3) is 3.79. The van der Waals surface area contributed by atoms with Crippen LogP contribution >= 0.6 is 0 Å². The molecule has 3 aromatic rings. The van der Waals surface area contributed by atoms with Crippen molar-refractivity contribution in [3.05, 3.63) is 24.8 Å². The van der Waals surface area contributed by atoms with Gasteiger partial charge in [-0.25, -0.2) is 19.6 Å². The van der Waals surface area contributed by atoms with Gasteiger partial charge in [-0.05, 0) is 13.8 Å². The van der Waals surface area contributed by atoms with Crippen LogP contribution in [0.4, 0.5) is 5.82 Å². The molecule has 5 heterocycles. The SMILES string of the molecule is CC(C)n1ncnc1-c1cn2c(n1)-c1cnc(N3CCN(CC(=O)O)CC3)cc1OCC2. The molecule has 3 aromatic heterocycles. The number of carboxylic acid groups (broad SMARTS) is 1. The Kier molecular flexibility index (Phi) is 5.25. The molecule has 0 amide bonds. The number of aromatic nitrogens is 6. The van der Waals surface area contributed by atoms with E-state index in [-0.39, 0.29) is 12.6 Å². The number of carbonyl (C=O) groups is 1. The van der Waals surface area contributed by atoms with E-state index >= 15 is 0 Å². The summed E-state index contributed by atoms with van der Waals surface area (Å²) in [6.45, 7) is 8.24. The maximum Gasteiger partial charge on any atom is 0.317 e. The van der Waals surface area contributed by atoms with Crippen LogP contribution in [0.3, 0.4) is 0 Å². The van der Waals surface area contributed by atoms with Gasteiger partial charge in [-0.15, -0.1) is 0 Å². The molecule has 0 radical (unpaired) electrons. The number of anilines is 1. The fourth-order valence-corrected chi connectivity index (χ4v) is 4.19. The summed E-state index contributed by atoms with van der Waals surface area (Å²) in [6.07, 6.45) is 5.36. The number of nitrogens with zero attached hydrogens (tertiary/aromatic N) is 8. The number of hydrogen-bond acceptors (Lipinski definition) is 8. The van der Waals surface area contributed by atoms with Gasteiger partial charge in [-0.3, -0.25) is 9.69 Å². The van der Waals surface area contributed by atoms with Gasteiger partial charge in [0, 0.05) is 50.7 Å². The molecular formula is C21H26N8O3. The normalized spacial score (nSPS) is 16.4.